The number of amides is 1. The first kappa shape index (κ1) is 19.5. The Bertz CT molecular complexity index is 1010. The second-order valence-corrected chi connectivity index (χ2v) is 7.12. The van der Waals surface area contributed by atoms with Crippen molar-refractivity contribution < 1.29 is 22.7 Å². The van der Waals surface area contributed by atoms with Crippen LogP contribution in [-0.2, 0) is 15.7 Å². The van der Waals surface area contributed by atoms with Crippen LogP contribution in [0.25, 0.3) is 10.9 Å². The van der Waals surface area contributed by atoms with Crippen molar-refractivity contribution in [1.29, 1.82) is 0 Å². The molecule has 1 amide bonds. The molecule has 1 aliphatic heterocycles. The fourth-order valence-corrected chi connectivity index (χ4v) is 3.95. The summed E-state index contributed by atoms with van der Waals surface area (Å²) in [5.74, 6) is -0.875. The molecule has 4 rings (SSSR count). The molecule has 1 aliphatic rings. The number of morpholine rings is 1. The van der Waals surface area contributed by atoms with Gasteiger partial charge in [-0.05, 0) is 23.3 Å². The highest BCUT2D eigenvalue weighted by Crippen LogP contribution is 2.41. The molecule has 3 aromatic rings. The molecule has 0 spiro atoms. The van der Waals surface area contributed by atoms with Crippen LogP contribution < -0.4 is 0 Å². The van der Waals surface area contributed by atoms with Gasteiger partial charge in [0.15, 0.2) is 0 Å². The summed E-state index contributed by atoms with van der Waals surface area (Å²) in [5, 5.41) is 0.823. The van der Waals surface area contributed by atoms with E-state index in [9.17, 15) is 18.0 Å². The number of nitrogens with one attached hydrogen (secondary N) is 1. The summed E-state index contributed by atoms with van der Waals surface area (Å²) in [6, 6.07) is 13.0. The number of carbonyl (C=O) groups is 1. The zero-order chi connectivity index (χ0) is 20.4. The number of aromatic amines is 1. The van der Waals surface area contributed by atoms with Crippen LogP contribution in [0.1, 0.15) is 29.0 Å². The first-order valence-corrected chi connectivity index (χ1v) is 9.53. The number of ether oxygens (including phenoxy) is 1. The van der Waals surface area contributed by atoms with Crippen LogP contribution in [0, 0.1) is 0 Å². The topological polar surface area (TPSA) is 45.3 Å². The Morgan fingerprint density at radius 3 is 2.48 bits per heavy atom. The van der Waals surface area contributed by atoms with Crippen molar-refractivity contribution in [3.8, 4) is 0 Å². The average Bonchev–Trinajstić information content (AvgIpc) is 3.16. The molecule has 0 bridgehead atoms. The van der Waals surface area contributed by atoms with Gasteiger partial charge in [-0.25, -0.2) is 0 Å². The zero-order valence-electron chi connectivity index (χ0n) is 15.7. The number of fused-ring (bicyclic) bond motifs is 1. The molecule has 2 heterocycles. The standard InChI is InChI=1S/C22H21F3N2O2/c23-22(24,25)19-7-3-1-5-15(19)17(13-21(28)27-9-11-29-12-10-27)18-14-26-20-8-4-2-6-16(18)20/h1-8,14,17,26H,9-13H2. The molecule has 7 heteroatoms. The van der Waals surface area contributed by atoms with E-state index in [0.29, 0.717) is 31.9 Å². The monoisotopic (exact) mass is 402 g/mol. The Labute approximate surface area is 166 Å². The lowest BCUT2D eigenvalue weighted by molar-refractivity contribution is -0.139. The Kier molecular flexibility index (Phi) is 5.32. The fraction of sp³-hybridized carbons (Fsp3) is 0.318. The number of para-hydroxylation sites is 1. The molecular weight excluding hydrogens is 381 g/mol. The Balaban J connectivity index is 1.79. The molecule has 0 saturated carbocycles. The highest BCUT2D eigenvalue weighted by molar-refractivity contribution is 5.86. The first-order chi connectivity index (χ1) is 13.9. The summed E-state index contributed by atoms with van der Waals surface area (Å²) in [4.78, 5) is 17.7. The maximum atomic E-state index is 13.7. The molecule has 1 atom stereocenters. The summed E-state index contributed by atoms with van der Waals surface area (Å²) >= 11 is 0. The lowest BCUT2D eigenvalue weighted by atomic mass is 9.85. The van der Waals surface area contributed by atoms with Gasteiger partial charge in [0.25, 0.3) is 0 Å². The third-order valence-corrected chi connectivity index (χ3v) is 5.38. The summed E-state index contributed by atoms with van der Waals surface area (Å²) in [6.45, 7) is 1.81. The number of H-pyrrole nitrogens is 1. The van der Waals surface area contributed by atoms with Crippen molar-refractivity contribution in [2.24, 2.45) is 0 Å². The number of hydrogen-bond acceptors (Lipinski definition) is 2. The number of carbonyl (C=O) groups excluding carboxylic acids is 1. The SMILES string of the molecule is O=C(CC(c1ccccc1C(F)(F)F)c1c[nH]c2ccccc12)N1CCOCC1. The fourth-order valence-electron chi connectivity index (χ4n) is 3.95. The van der Waals surface area contributed by atoms with Gasteiger partial charge in [-0.2, -0.15) is 13.2 Å². The van der Waals surface area contributed by atoms with Crippen molar-refractivity contribution in [3.63, 3.8) is 0 Å². The summed E-state index contributed by atoms with van der Waals surface area (Å²) in [5.41, 5.74) is 0.936. The van der Waals surface area contributed by atoms with E-state index in [1.165, 1.54) is 12.1 Å². The predicted molar refractivity (Wildman–Crippen MR) is 104 cm³/mol. The number of halogens is 3. The smallest absolute Gasteiger partial charge is 0.378 e. The predicted octanol–water partition coefficient (Wildman–Crippen LogP) is 4.57. The zero-order valence-corrected chi connectivity index (χ0v) is 15.7. The van der Waals surface area contributed by atoms with E-state index in [0.717, 1.165) is 17.0 Å². The number of aromatic nitrogens is 1. The Morgan fingerprint density at radius 2 is 1.72 bits per heavy atom. The van der Waals surface area contributed by atoms with Crippen molar-refractivity contribution in [2.45, 2.75) is 18.5 Å². The molecule has 0 aliphatic carbocycles. The van der Waals surface area contributed by atoms with Crippen LogP contribution in [0.2, 0.25) is 0 Å². The minimum atomic E-state index is -4.50. The minimum absolute atomic E-state index is 0.0328. The Morgan fingerprint density at radius 1 is 1.03 bits per heavy atom. The maximum Gasteiger partial charge on any atom is 0.416 e. The second kappa shape index (κ2) is 7.91. The molecular formula is C22H21F3N2O2. The molecule has 0 radical (unpaired) electrons. The molecule has 29 heavy (non-hydrogen) atoms. The number of nitrogens with zero attached hydrogens (tertiary/aromatic N) is 1. The molecule has 1 N–H and O–H groups in total. The largest absolute Gasteiger partial charge is 0.416 e. The van der Waals surface area contributed by atoms with Crippen LogP contribution in [0.4, 0.5) is 13.2 Å². The van der Waals surface area contributed by atoms with E-state index in [4.69, 9.17) is 4.74 Å². The Hall–Kier alpha value is -2.80. The number of rotatable bonds is 4. The van der Waals surface area contributed by atoms with Gasteiger partial charge in [0.1, 0.15) is 0 Å². The van der Waals surface area contributed by atoms with Crippen molar-refractivity contribution in [1.82, 2.24) is 9.88 Å². The lowest BCUT2D eigenvalue weighted by Crippen LogP contribution is -2.41. The van der Waals surface area contributed by atoms with Gasteiger partial charge in [-0.15, -0.1) is 0 Å². The van der Waals surface area contributed by atoms with E-state index in [1.54, 1.807) is 17.2 Å². The summed E-state index contributed by atoms with van der Waals surface area (Å²) in [6.07, 6.45) is -2.81. The van der Waals surface area contributed by atoms with Crippen LogP contribution in [0.3, 0.4) is 0 Å². The van der Waals surface area contributed by atoms with E-state index in [2.05, 4.69) is 4.98 Å². The maximum absolute atomic E-state index is 13.7. The molecule has 2 aromatic carbocycles. The lowest BCUT2D eigenvalue weighted by Gasteiger charge is -2.29. The van der Waals surface area contributed by atoms with Crippen molar-refractivity contribution in [2.75, 3.05) is 26.3 Å². The highest BCUT2D eigenvalue weighted by Gasteiger charge is 2.36. The van der Waals surface area contributed by atoms with Gasteiger partial charge < -0.3 is 14.6 Å². The van der Waals surface area contributed by atoms with E-state index in [-0.39, 0.29) is 17.9 Å². The quantitative estimate of drug-likeness (QED) is 0.695. The van der Waals surface area contributed by atoms with Crippen LogP contribution >= 0.6 is 0 Å². The minimum Gasteiger partial charge on any atom is -0.378 e. The summed E-state index contributed by atoms with van der Waals surface area (Å²) in [7, 11) is 0. The van der Waals surface area contributed by atoms with E-state index < -0.39 is 17.7 Å². The molecule has 1 fully saturated rings. The number of benzene rings is 2. The van der Waals surface area contributed by atoms with E-state index >= 15 is 0 Å². The molecule has 1 unspecified atom stereocenters. The van der Waals surface area contributed by atoms with Crippen molar-refractivity contribution >= 4 is 16.8 Å². The van der Waals surface area contributed by atoms with Gasteiger partial charge in [-0.3, -0.25) is 4.79 Å². The van der Waals surface area contributed by atoms with Gasteiger partial charge >= 0.3 is 6.18 Å². The van der Waals surface area contributed by atoms with Gasteiger partial charge in [-0.1, -0.05) is 36.4 Å². The van der Waals surface area contributed by atoms with E-state index in [1.807, 2.05) is 24.3 Å². The molecule has 1 aromatic heterocycles. The third-order valence-electron chi connectivity index (χ3n) is 5.38. The van der Waals surface area contributed by atoms with Crippen LogP contribution in [-0.4, -0.2) is 42.1 Å². The molecule has 1 saturated heterocycles. The average molecular weight is 402 g/mol. The van der Waals surface area contributed by atoms with Crippen LogP contribution in [0.15, 0.2) is 54.7 Å². The highest BCUT2D eigenvalue weighted by atomic mass is 19.4. The summed E-state index contributed by atoms with van der Waals surface area (Å²) < 4.78 is 46.5. The number of hydrogen-bond donors (Lipinski definition) is 1. The third kappa shape index (κ3) is 4.00. The first-order valence-electron chi connectivity index (χ1n) is 9.53. The van der Waals surface area contributed by atoms with Crippen molar-refractivity contribution in [3.05, 3.63) is 71.4 Å². The number of alkyl halides is 3. The van der Waals surface area contributed by atoms with Crippen LogP contribution in [0.5, 0.6) is 0 Å². The van der Waals surface area contributed by atoms with Gasteiger partial charge in [0, 0.05) is 42.5 Å². The molecule has 4 nitrogen and oxygen atoms in total. The normalized spacial score (nSPS) is 16.2. The molecule has 152 valence electrons. The van der Waals surface area contributed by atoms with Gasteiger partial charge in [0.2, 0.25) is 5.91 Å². The second-order valence-electron chi connectivity index (χ2n) is 7.12. The van der Waals surface area contributed by atoms with Gasteiger partial charge in [0.05, 0.1) is 18.8 Å².